The Labute approximate surface area is 170 Å². The Balaban J connectivity index is 1.54. The largest absolute Gasteiger partial charge is 0.417 e. The summed E-state index contributed by atoms with van der Waals surface area (Å²) in [5.41, 5.74) is 0.549. The van der Waals surface area contributed by atoms with Gasteiger partial charge in [-0.3, -0.25) is 9.48 Å². The first-order valence-electron chi connectivity index (χ1n) is 9.83. The molecule has 0 aromatic carbocycles. The van der Waals surface area contributed by atoms with Crippen LogP contribution in [0.4, 0.5) is 13.2 Å². The zero-order valence-corrected chi connectivity index (χ0v) is 16.7. The third kappa shape index (κ3) is 4.03. The first kappa shape index (κ1) is 20.4. The molecule has 1 fully saturated rings. The minimum atomic E-state index is -4.54. The van der Waals surface area contributed by atoms with Gasteiger partial charge in [0.15, 0.2) is 0 Å². The second kappa shape index (κ2) is 7.73. The zero-order valence-electron chi connectivity index (χ0n) is 16.7. The van der Waals surface area contributed by atoms with E-state index in [1.807, 2.05) is 13.1 Å². The second-order valence-electron chi connectivity index (χ2n) is 7.77. The molecule has 7 nitrogen and oxygen atoms in total. The lowest BCUT2D eigenvalue weighted by atomic mass is 9.91. The summed E-state index contributed by atoms with van der Waals surface area (Å²) < 4.78 is 47.7. The molecular weight excluding hydrogens is 399 g/mol. The van der Waals surface area contributed by atoms with Gasteiger partial charge in [-0.15, -0.1) is 0 Å². The summed E-state index contributed by atoms with van der Waals surface area (Å²) in [5, 5.41) is 8.01. The number of rotatable bonds is 4. The van der Waals surface area contributed by atoms with Crippen molar-refractivity contribution in [2.45, 2.75) is 51.7 Å². The summed E-state index contributed by atoms with van der Waals surface area (Å²) in [6.45, 7) is 4.76. The molecule has 10 heteroatoms. The van der Waals surface area contributed by atoms with Gasteiger partial charge in [-0.05, 0) is 38.3 Å². The molecule has 1 aliphatic rings. The summed E-state index contributed by atoms with van der Waals surface area (Å²) in [6, 6.07) is 1.01. The monoisotopic (exact) mass is 421 g/mol. The maximum atomic E-state index is 13.6. The minimum absolute atomic E-state index is 0.0503. The Bertz CT molecular complexity index is 1070. The molecule has 0 unspecified atom stereocenters. The molecule has 0 saturated carbocycles. The minimum Gasteiger partial charge on any atom is -0.342 e. The zero-order chi connectivity index (χ0) is 21.5. The molecule has 0 radical (unpaired) electrons. The van der Waals surface area contributed by atoms with Crippen LogP contribution in [0.25, 0.3) is 11.1 Å². The predicted octanol–water partition coefficient (Wildman–Crippen LogP) is 3.85. The van der Waals surface area contributed by atoms with Crippen molar-refractivity contribution in [3.8, 4) is 0 Å². The smallest absolute Gasteiger partial charge is 0.342 e. The van der Waals surface area contributed by atoms with Gasteiger partial charge in [-0.25, -0.2) is 4.98 Å². The highest BCUT2D eigenvalue weighted by atomic mass is 19.4. The van der Waals surface area contributed by atoms with Crippen LogP contribution in [0.1, 0.15) is 47.7 Å². The number of piperidine rings is 1. The maximum absolute atomic E-state index is 13.6. The van der Waals surface area contributed by atoms with E-state index in [-0.39, 0.29) is 40.7 Å². The van der Waals surface area contributed by atoms with Crippen molar-refractivity contribution < 1.29 is 22.5 Å². The van der Waals surface area contributed by atoms with Crippen LogP contribution >= 0.6 is 0 Å². The molecule has 3 aromatic rings. The predicted molar refractivity (Wildman–Crippen MR) is 102 cm³/mol. The van der Waals surface area contributed by atoms with Gasteiger partial charge < -0.3 is 9.42 Å². The number of halogens is 3. The lowest BCUT2D eigenvalue weighted by Crippen LogP contribution is -2.39. The Hall–Kier alpha value is -2.91. The van der Waals surface area contributed by atoms with Crippen molar-refractivity contribution in [2.24, 2.45) is 0 Å². The molecule has 0 bridgehead atoms. The molecule has 1 aliphatic heterocycles. The van der Waals surface area contributed by atoms with Crippen LogP contribution in [0, 0.1) is 13.8 Å². The van der Waals surface area contributed by atoms with Crippen LogP contribution in [0.15, 0.2) is 23.0 Å². The van der Waals surface area contributed by atoms with Crippen LogP contribution in [-0.2, 0) is 17.5 Å². The number of fused-ring (bicyclic) bond motifs is 1. The first-order valence-corrected chi connectivity index (χ1v) is 9.83. The molecule has 30 heavy (non-hydrogen) atoms. The Morgan fingerprint density at radius 2 is 2.13 bits per heavy atom. The molecular formula is C20H22F3N5O2. The van der Waals surface area contributed by atoms with Gasteiger partial charge in [0.05, 0.1) is 22.8 Å². The molecule has 1 saturated heterocycles. The number of nitrogens with zero attached hydrogens (tertiary/aromatic N) is 5. The number of alkyl halides is 3. The maximum Gasteiger partial charge on any atom is 0.417 e. The van der Waals surface area contributed by atoms with Crippen molar-refractivity contribution in [1.29, 1.82) is 0 Å². The summed E-state index contributed by atoms with van der Waals surface area (Å²) in [4.78, 5) is 18.4. The second-order valence-corrected chi connectivity index (χ2v) is 7.77. The number of hydrogen-bond acceptors (Lipinski definition) is 5. The average Bonchev–Trinajstić information content (AvgIpc) is 3.30. The molecule has 1 amide bonds. The van der Waals surface area contributed by atoms with E-state index in [0.717, 1.165) is 11.6 Å². The van der Waals surface area contributed by atoms with E-state index >= 15 is 0 Å². The van der Waals surface area contributed by atoms with Crippen LogP contribution < -0.4 is 0 Å². The van der Waals surface area contributed by atoms with Crippen LogP contribution in [0.2, 0.25) is 0 Å². The third-order valence-electron chi connectivity index (χ3n) is 5.38. The number of pyridine rings is 1. The number of carbonyl (C=O) groups excluding carboxylic acids is 1. The fourth-order valence-corrected chi connectivity index (χ4v) is 3.98. The van der Waals surface area contributed by atoms with E-state index in [4.69, 9.17) is 4.52 Å². The molecule has 4 rings (SSSR count). The first-order chi connectivity index (χ1) is 14.2. The van der Waals surface area contributed by atoms with Gasteiger partial charge in [0, 0.05) is 43.9 Å². The average molecular weight is 421 g/mol. The van der Waals surface area contributed by atoms with E-state index in [2.05, 4.69) is 15.2 Å². The Morgan fingerprint density at radius 1 is 1.33 bits per heavy atom. The standard InChI is InChI=1S/C20H22F3N5O2/c1-12-9-24-28(10-12)7-5-16(29)27-6-3-4-14(11-27)18-17-15(20(21,22)23)8-13(2)25-19(17)30-26-18/h8-10,14H,3-7,11H2,1-2H3/t14-/m1/s1. The number of aromatic nitrogens is 4. The highest BCUT2D eigenvalue weighted by Gasteiger charge is 2.38. The molecule has 1 atom stereocenters. The van der Waals surface area contributed by atoms with E-state index in [0.29, 0.717) is 32.5 Å². The van der Waals surface area contributed by atoms with Gasteiger partial charge in [0.1, 0.15) is 0 Å². The van der Waals surface area contributed by atoms with Crippen LogP contribution in [0.3, 0.4) is 0 Å². The summed E-state index contributed by atoms with van der Waals surface area (Å²) in [7, 11) is 0. The topological polar surface area (TPSA) is 77.0 Å². The number of likely N-dealkylation sites (tertiary alicyclic amines) is 1. The van der Waals surface area contributed by atoms with Crippen LogP contribution in [0.5, 0.6) is 0 Å². The Morgan fingerprint density at radius 3 is 2.83 bits per heavy atom. The van der Waals surface area contributed by atoms with Crippen molar-refractivity contribution in [3.05, 3.63) is 41.0 Å². The fourth-order valence-electron chi connectivity index (χ4n) is 3.98. The lowest BCUT2D eigenvalue weighted by molar-refractivity contribution is -0.136. The number of aryl methyl sites for hydroxylation is 3. The van der Waals surface area contributed by atoms with Gasteiger partial charge in [0.2, 0.25) is 5.91 Å². The normalized spacial score (nSPS) is 17.6. The molecule has 3 aromatic heterocycles. The van der Waals surface area contributed by atoms with Gasteiger partial charge in [-0.1, -0.05) is 5.16 Å². The van der Waals surface area contributed by atoms with Crippen molar-refractivity contribution >= 4 is 17.0 Å². The Kier molecular flexibility index (Phi) is 5.25. The number of carbonyl (C=O) groups is 1. The molecule has 0 aliphatic carbocycles. The highest BCUT2D eigenvalue weighted by Crippen LogP contribution is 2.40. The summed E-state index contributed by atoms with van der Waals surface area (Å²) >= 11 is 0. The summed E-state index contributed by atoms with van der Waals surface area (Å²) in [5.74, 6) is -0.382. The number of amides is 1. The van der Waals surface area contributed by atoms with Gasteiger partial charge in [-0.2, -0.15) is 18.3 Å². The van der Waals surface area contributed by atoms with Crippen molar-refractivity contribution in [2.75, 3.05) is 13.1 Å². The van der Waals surface area contributed by atoms with E-state index in [9.17, 15) is 18.0 Å². The molecule has 160 valence electrons. The SMILES string of the molecule is Cc1cnn(CCC(=O)N2CCC[C@@H](c3noc4nc(C)cc(C(F)(F)F)c34)C2)c1. The van der Waals surface area contributed by atoms with Gasteiger partial charge in [0.25, 0.3) is 5.71 Å². The highest BCUT2D eigenvalue weighted by molar-refractivity contribution is 5.82. The van der Waals surface area contributed by atoms with E-state index in [1.54, 1.807) is 15.8 Å². The van der Waals surface area contributed by atoms with E-state index in [1.165, 1.54) is 6.92 Å². The van der Waals surface area contributed by atoms with Crippen LogP contribution in [-0.4, -0.2) is 43.8 Å². The molecule has 0 spiro atoms. The van der Waals surface area contributed by atoms with Crippen molar-refractivity contribution in [3.63, 3.8) is 0 Å². The van der Waals surface area contributed by atoms with Crippen molar-refractivity contribution in [1.82, 2.24) is 24.8 Å². The van der Waals surface area contributed by atoms with Gasteiger partial charge >= 0.3 is 6.18 Å². The fraction of sp³-hybridized carbons (Fsp3) is 0.500. The summed E-state index contributed by atoms with van der Waals surface area (Å²) in [6.07, 6.45) is 0.647. The third-order valence-corrected chi connectivity index (χ3v) is 5.38. The molecule has 4 heterocycles. The number of hydrogen-bond donors (Lipinski definition) is 0. The van der Waals surface area contributed by atoms with E-state index < -0.39 is 11.7 Å². The quantitative estimate of drug-likeness (QED) is 0.640. The molecule has 0 N–H and O–H groups in total. The lowest BCUT2D eigenvalue weighted by Gasteiger charge is -2.32.